The highest BCUT2D eigenvalue weighted by molar-refractivity contribution is 6.50. The number of halogens is 4. The summed E-state index contributed by atoms with van der Waals surface area (Å²) >= 11 is 0. The molecule has 0 aliphatic heterocycles. The summed E-state index contributed by atoms with van der Waals surface area (Å²) in [6.07, 6.45) is 21.5. The zero-order valence-corrected chi connectivity index (χ0v) is 16.5. The number of pyridine rings is 1. The first-order valence-corrected chi connectivity index (χ1v) is 10.2. The van der Waals surface area contributed by atoms with Crippen LogP contribution in [-0.4, -0.2) is 7.25 Å². The molecule has 6 heteroatoms. The molecule has 1 rings (SSSR count). The van der Waals surface area contributed by atoms with Crippen LogP contribution in [0.4, 0.5) is 17.3 Å². The molecule has 1 heterocycles. The van der Waals surface area contributed by atoms with Gasteiger partial charge in [-0.05, 0) is 19.4 Å². The second-order valence-electron chi connectivity index (χ2n) is 7.00. The molecule has 0 atom stereocenters. The molecule has 0 unspecified atom stereocenters. The highest BCUT2D eigenvalue weighted by Crippen LogP contribution is 2.11. The molecule has 0 aromatic carbocycles. The van der Waals surface area contributed by atoms with Crippen LogP contribution in [0, 0.1) is 6.92 Å². The number of unbranched alkanes of at least 4 members (excludes halogenated alkanes) is 11. The maximum atomic E-state index is 9.75. The smallest absolute Gasteiger partial charge is 0.418 e. The van der Waals surface area contributed by atoms with Crippen molar-refractivity contribution in [2.75, 3.05) is 0 Å². The fraction of sp³-hybridized carbons (Fsp3) is 0.750. The number of nitrogens with zero attached hydrogens (tertiary/aromatic N) is 1. The van der Waals surface area contributed by atoms with Gasteiger partial charge in [-0.1, -0.05) is 71.1 Å². The summed E-state index contributed by atoms with van der Waals surface area (Å²) in [5.74, 6) is 0. The third kappa shape index (κ3) is 21.0. The van der Waals surface area contributed by atoms with E-state index < -0.39 is 7.25 Å². The van der Waals surface area contributed by atoms with Crippen molar-refractivity contribution in [2.45, 2.75) is 97.4 Å². The van der Waals surface area contributed by atoms with Crippen molar-refractivity contribution >= 4 is 7.25 Å². The van der Waals surface area contributed by atoms with Crippen LogP contribution in [0.3, 0.4) is 0 Å². The van der Waals surface area contributed by atoms with E-state index in [1.54, 1.807) is 0 Å². The topological polar surface area (TPSA) is 3.88 Å². The van der Waals surface area contributed by atoms with E-state index in [0.29, 0.717) is 0 Å². The van der Waals surface area contributed by atoms with Crippen LogP contribution in [0.1, 0.15) is 89.5 Å². The zero-order valence-electron chi connectivity index (χ0n) is 16.5. The molecular weight excluding hydrogens is 341 g/mol. The molecule has 1 nitrogen and oxygen atoms in total. The third-order valence-electron chi connectivity index (χ3n) is 4.28. The number of aromatic nitrogens is 1. The minimum Gasteiger partial charge on any atom is -0.418 e. The highest BCUT2D eigenvalue weighted by Gasteiger charge is 2.20. The minimum absolute atomic E-state index is 1.18. The molecule has 0 aliphatic rings. The second-order valence-corrected chi connectivity index (χ2v) is 7.00. The average molecular weight is 377 g/mol. The molecule has 0 N–H and O–H groups in total. The summed E-state index contributed by atoms with van der Waals surface area (Å²) in [7, 11) is -6.00. The van der Waals surface area contributed by atoms with Crippen LogP contribution >= 0.6 is 0 Å². The van der Waals surface area contributed by atoms with Gasteiger partial charge in [-0.25, -0.2) is 4.57 Å². The molecule has 1 aromatic heterocycles. The number of rotatable bonds is 13. The summed E-state index contributed by atoms with van der Waals surface area (Å²) in [5.41, 5.74) is 1.36. The van der Waals surface area contributed by atoms with Crippen molar-refractivity contribution < 1.29 is 21.8 Å². The van der Waals surface area contributed by atoms with Crippen molar-refractivity contribution in [3.8, 4) is 0 Å². The number of hydrogen-bond donors (Lipinski definition) is 0. The Morgan fingerprint density at radius 3 is 1.62 bits per heavy atom. The van der Waals surface area contributed by atoms with Gasteiger partial charge in [0.2, 0.25) is 0 Å². The van der Waals surface area contributed by atoms with Gasteiger partial charge in [-0.15, -0.1) is 0 Å². The van der Waals surface area contributed by atoms with E-state index in [2.05, 4.69) is 42.9 Å². The average Bonchev–Trinajstić information content (AvgIpc) is 2.54. The van der Waals surface area contributed by atoms with Crippen LogP contribution in [0.25, 0.3) is 0 Å². The van der Waals surface area contributed by atoms with E-state index in [4.69, 9.17) is 0 Å². The van der Waals surface area contributed by atoms with Gasteiger partial charge < -0.3 is 17.3 Å². The molecule has 0 amide bonds. The normalized spacial score (nSPS) is 11.2. The molecule has 0 bridgehead atoms. The second kappa shape index (κ2) is 16.1. The largest absolute Gasteiger partial charge is 0.673 e. The maximum absolute atomic E-state index is 9.75. The SMILES string of the molecule is CCCCCCCCCCCCCC[n+]1cccc(C)c1.F[B-](F)(F)F. The van der Waals surface area contributed by atoms with Crippen LogP contribution in [-0.2, 0) is 6.54 Å². The Labute approximate surface area is 157 Å². The van der Waals surface area contributed by atoms with E-state index in [1.165, 1.54) is 89.2 Å². The van der Waals surface area contributed by atoms with Gasteiger partial charge in [0.1, 0.15) is 6.54 Å². The first kappa shape index (κ1) is 24.9. The van der Waals surface area contributed by atoms with E-state index in [0.717, 1.165) is 0 Å². The van der Waals surface area contributed by atoms with Gasteiger partial charge in [-0.3, -0.25) is 0 Å². The Hall–Kier alpha value is -1.07. The molecule has 0 aliphatic carbocycles. The van der Waals surface area contributed by atoms with Crippen LogP contribution in [0.15, 0.2) is 24.5 Å². The van der Waals surface area contributed by atoms with E-state index >= 15 is 0 Å². The van der Waals surface area contributed by atoms with Crippen LogP contribution in [0.2, 0.25) is 0 Å². The summed E-state index contributed by atoms with van der Waals surface area (Å²) < 4.78 is 41.3. The first-order chi connectivity index (χ1) is 12.3. The summed E-state index contributed by atoms with van der Waals surface area (Å²) in [6, 6.07) is 4.31. The first-order valence-electron chi connectivity index (χ1n) is 10.2. The Bertz CT molecular complexity index is 432. The fourth-order valence-corrected chi connectivity index (χ4v) is 2.93. The molecule has 26 heavy (non-hydrogen) atoms. The maximum Gasteiger partial charge on any atom is 0.673 e. The van der Waals surface area contributed by atoms with Crippen molar-refractivity contribution in [1.82, 2.24) is 0 Å². The van der Waals surface area contributed by atoms with E-state index in [1.807, 2.05) is 0 Å². The van der Waals surface area contributed by atoms with Gasteiger partial charge in [0, 0.05) is 18.1 Å². The minimum atomic E-state index is -6.00. The van der Waals surface area contributed by atoms with Crippen molar-refractivity contribution in [3.05, 3.63) is 30.1 Å². The van der Waals surface area contributed by atoms with E-state index in [9.17, 15) is 17.3 Å². The monoisotopic (exact) mass is 377 g/mol. The van der Waals surface area contributed by atoms with Crippen molar-refractivity contribution in [1.29, 1.82) is 0 Å². The third-order valence-corrected chi connectivity index (χ3v) is 4.28. The lowest BCUT2D eigenvalue weighted by Crippen LogP contribution is -2.32. The lowest BCUT2D eigenvalue weighted by molar-refractivity contribution is -0.697. The van der Waals surface area contributed by atoms with Gasteiger partial charge in [0.05, 0.1) is 0 Å². The van der Waals surface area contributed by atoms with Gasteiger partial charge in [0.15, 0.2) is 12.4 Å². The Kier molecular flexibility index (Phi) is 15.5. The van der Waals surface area contributed by atoms with Crippen LogP contribution in [0.5, 0.6) is 0 Å². The standard InChI is InChI=1S/C20H36N.BF4/c1-3-4-5-6-7-8-9-10-11-12-13-14-17-21-18-15-16-20(2)19-21;2-1(3,4)5/h15-16,18-19H,3-14,17H2,1-2H3;/q+1;-1. The van der Waals surface area contributed by atoms with E-state index in [-0.39, 0.29) is 0 Å². The predicted octanol–water partition coefficient (Wildman–Crippen LogP) is 7.28. The number of aryl methyl sites for hydroxylation is 2. The van der Waals surface area contributed by atoms with Gasteiger partial charge in [-0.2, -0.15) is 0 Å². The quantitative estimate of drug-likeness (QED) is 0.147. The fourth-order valence-electron chi connectivity index (χ4n) is 2.93. The Morgan fingerprint density at radius 2 is 1.19 bits per heavy atom. The summed E-state index contributed by atoms with van der Waals surface area (Å²) in [5, 5.41) is 0. The highest BCUT2D eigenvalue weighted by atomic mass is 19.5. The number of hydrogen-bond acceptors (Lipinski definition) is 0. The molecular formula is C20H36BF4N. The molecule has 1 aromatic rings. The molecule has 0 saturated heterocycles. The van der Waals surface area contributed by atoms with Gasteiger partial charge >= 0.3 is 7.25 Å². The lowest BCUT2D eigenvalue weighted by atomic mass is 10.1. The Morgan fingerprint density at radius 1 is 0.769 bits per heavy atom. The predicted molar refractivity (Wildman–Crippen MR) is 103 cm³/mol. The molecule has 0 radical (unpaired) electrons. The summed E-state index contributed by atoms with van der Waals surface area (Å²) in [6.45, 7) is 5.63. The molecule has 0 fully saturated rings. The molecule has 0 saturated carbocycles. The van der Waals surface area contributed by atoms with Crippen LogP contribution < -0.4 is 4.57 Å². The Balaban J connectivity index is 0.00000110. The lowest BCUT2D eigenvalue weighted by Gasteiger charge is -2.02. The molecule has 0 spiro atoms. The molecule has 152 valence electrons. The summed E-state index contributed by atoms with van der Waals surface area (Å²) in [4.78, 5) is 0. The van der Waals surface area contributed by atoms with Crippen molar-refractivity contribution in [3.63, 3.8) is 0 Å². The zero-order chi connectivity index (χ0) is 19.7. The van der Waals surface area contributed by atoms with Gasteiger partial charge in [0.25, 0.3) is 0 Å². The van der Waals surface area contributed by atoms with Crippen molar-refractivity contribution in [2.24, 2.45) is 0 Å².